The number of nitrogens with one attached hydrogen (secondary N) is 2. The summed E-state index contributed by atoms with van der Waals surface area (Å²) < 4.78 is 11.6. The number of halogens is 1. The van der Waals surface area contributed by atoms with Crippen LogP contribution in [0.3, 0.4) is 0 Å². The Labute approximate surface area is 142 Å². The molecule has 0 unspecified atom stereocenters. The van der Waals surface area contributed by atoms with E-state index in [-0.39, 0.29) is 0 Å². The fourth-order valence-electron chi connectivity index (χ4n) is 2.43. The monoisotopic (exact) mass is 385 g/mol. The highest BCUT2D eigenvalue weighted by atomic mass is 79.9. The Bertz CT molecular complexity index is 676. The van der Waals surface area contributed by atoms with Crippen LogP contribution in [0, 0.1) is 0 Å². The second-order valence-corrected chi connectivity index (χ2v) is 5.99. The van der Waals surface area contributed by atoms with Crippen LogP contribution in [-0.4, -0.2) is 25.2 Å². The number of rotatable bonds is 4. The Morgan fingerprint density at radius 3 is 2.59 bits per heavy atom. The first kappa shape index (κ1) is 16.6. The highest BCUT2D eigenvalue weighted by Gasteiger charge is 2.31. The van der Waals surface area contributed by atoms with E-state index in [0.717, 1.165) is 4.47 Å². The quantitative estimate of drug-likeness (QED) is 0.684. The number of nitrogens with two attached hydrogens (primary N) is 1. The molecule has 118 valence electrons. The zero-order chi connectivity index (χ0) is 16.4. The van der Waals surface area contributed by atoms with E-state index in [9.17, 15) is 4.79 Å². The number of methoxy groups -OCH3 is 2. The predicted molar refractivity (Wildman–Crippen MR) is 90.8 cm³/mol. The number of benzene rings is 1. The fraction of sp³-hybridized carbons (Fsp3) is 0.286. The maximum Gasteiger partial charge on any atom is 0.248 e. The molecule has 1 aromatic rings. The molecule has 1 aliphatic rings. The van der Waals surface area contributed by atoms with Gasteiger partial charge in [0, 0.05) is 15.7 Å². The van der Waals surface area contributed by atoms with Gasteiger partial charge < -0.3 is 25.8 Å². The summed E-state index contributed by atoms with van der Waals surface area (Å²) >= 11 is 8.61. The van der Waals surface area contributed by atoms with Gasteiger partial charge in [-0.3, -0.25) is 4.79 Å². The van der Waals surface area contributed by atoms with E-state index in [4.69, 9.17) is 27.4 Å². The summed E-state index contributed by atoms with van der Waals surface area (Å²) in [6, 6.07) is 3.10. The third-order valence-electron chi connectivity index (χ3n) is 3.32. The number of ether oxygens (including phenoxy) is 2. The molecule has 1 aliphatic heterocycles. The first-order valence-corrected chi connectivity index (χ1v) is 7.58. The molecule has 6 nitrogen and oxygen atoms in total. The second kappa shape index (κ2) is 6.53. The lowest BCUT2D eigenvalue weighted by Gasteiger charge is -2.30. The second-order valence-electron chi connectivity index (χ2n) is 4.66. The molecule has 0 bridgehead atoms. The normalized spacial score (nSPS) is 17.6. The molecule has 0 spiro atoms. The summed E-state index contributed by atoms with van der Waals surface area (Å²) in [7, 11) is 3.08. The average molecular weight is 386 g/mol. The lowest BCUT2D eigenvalue weighted by Crippen LogP contribution is -2.46. The third kappa shape index (κ3) is 3.02. The van der Waals surface area contributed by atoms with Crippen LogP contribution in [0.5, 0.6) is 11.5 Å². The summed E-state index contributed by atoms with van der Waals surface area (Å²) in [5.74, 6) is 0.519. The van der Waals surface area contributed by atoms with Crippen LogP contribution in [0.1, 0.15) is 18.5 Å². The van der Waals surface area contributed by atoms with Crippen molar-refractivity contribution < 1.29 is 14.3 Å². The van der Waals surface area contributed by atoms with Crippen molar-refractivity contribution in [1.29, 1.82) is 0 Å². The molecule has 22 heavy (non-hydrogen) atoms. The van der Waals surface area contributed by atoms with E-state index < -0.39 is 11.9 Å². The highest BCUT2D eigenvalue weighted by molar-refractivity contribution is 9.10. The lowest BCUT2D eigenvalue weighted by molar-refractivity contribution is -0.115. The van der Waals surface area contributed by atoms with E-state index in [1.54, 1.807) is 20.1 Å². The van der Waals surface area contributed by atoms with Gasteiger partial charge in [0.05, 0.1) is 25.8 Å². The van der Waals surface area contributed by atoms with Gasteiger partial charge in [-0.25, -0.2) is 0 Å². The van der Waals surface area contributed by atoms with Gasteiger partial charge in [-0.1, -0.05) is 15.9 Å². The molecule has 8 heteroatoms. The minimum atomic E-state index is -0.536. The number of allylic oxidation sites excluding steroid dienone is 1. The summed E-state index contributed by atoms with van der Waals surface area (Å²) in [6.07, 6.45) is 0. The van der Waals surface area contributed by atoms with Gasteiger partial charge in [0.15, 0.2) is 16.6 Å². The SMILES string of the molecule is COc1cc(Br)cc([C@H]2NC(=S)NC(C)=C2C(N)=O)c1OC. The minimum Gasteiger partial charge on any atom is -0.493 e. The van der Waals surface area contributed by atoms with Crippen LogP contribution in [-0.2, 0) is 4.79 Å². The zero-order valence-electron chi connectivity index (χ0n) is 12.3. The Kier molecular flexibility index (Phi) is 4.92. The van der Waals surface area contributed by atoms with Gasteiger partial charge in [-0.2, -0.15) is 0 Å². The van der Waals surface area contributed by atoms with E-state index in [1.807, 2.05) is 6.07 Å². The first-order valence-electron chi connectivity index (χ1n) is 6.38. The number of hydrogen-bond donors (Lipinski definition) is 3. The number of amides is 1. The predicted octanol–water partition coefficient (Wildman–Crippen LogP) is 1.74. The minimum absolute atomic E-state index is 0.395. The van der Waals surface area contributed by atoms with Gasteiger partial charge in [0.25, 0.3) is 0 Å². The number of thiocarbonyl (C=S) groups is 1. The van der Waals surface area contributed by atoms with Crippen molar-refractivity contribution in [3.8, 4) is 11.5 Å². The third-order valence-corrected chi connectivity index (χ3v) is 4.00. The fourth-order valence-corrected chi connectivity index (χ4v) is 3.15. The van der Waals surface area contributed by atoms with Crippen LogP contribution < -0.4 is 25.8 Å². The first-order chi connectivity index (χ1) is 10.4. The molecule has 2 rings (SSSR count). The van der Waals surface area contributed by atoms with E-state index in [0.29, 0.717) is 33.4 Å². The molecule has 1 heterocycles. The molecule has 1 aromatic carbocycles. The smallest absolute Gasteiger partial charge is 0.248 e. The van der Waals surface area contributed by atoms with E-state index >= 15 is 0 Å². The van der Waals surface area contributed by atoms with Crippen LogP contribution in [0.2, 0.25) is 0 Å². The summed E-state index contributed by atoms with van der Waals surface area (Å²) in [4.78, 5) is 11.9. The van der Waals surface area contributed by atoms with Gasteiger partial charge in [0.2, 0.25) is 5.91 Å². The number of carbonyl (C=O) groups is 1. The maximum absolute atomic E-state index is 11.9. The lowest BCUT2D eigenvalue weighted by atomic mass is 9.94. The molecular weight excluding hydrogens is 370 g/mol. The molecule has 0 radical (unpaired) electrons. The van der Waals surface area contributed by atoms with Crippen molar-refractivity contribution in [3.63, 3.8) is 0 Å². The maximum atomic E-state index is 11.9. The van der Waals surface area contributed by atoms with Crippen molar-refractivity contribution in [2.75, 3.05) is 14.2 Å². The van der Waals surface area contributed by atoms with Crippen molar-refractivity contribution in [1.82, 2.24) is 10.6 Å². The molecule has 0 aromatic heterocycles. The Morgan fingerprint density at radius 1 is 1.36 bits per heavy atom. The molecule has 0 aliphatic carbocycles. The van der Waals surface area contributed by atoms with E-state index in [1.165, 1.54) is 7.11 Å². The summed E-state index contributed by atoms with van der Waals surface area (Å²) in [6.45, 7) is 1.75. The number of carbonyl (C=O) groups excluding carboxylic acids is 1. The topological polar surface area (TPSA) is 85.6 Å². The standard InChI is InChI=1S/C14H16BrN3O3S/c1-6-10(13(16)19)11(18-14(22)17-6)8-4-7(15)5-9(20-2)12(8)21-3/h4-5,11H,1-3H3,(H2,16,19)(H2,17,18,22)/t11-/m1/s1. The van der Waals surface area contributed by atoms with Gasteiger partial charge in [0.1, 0.15) is 0 Å². The van der Waals surface area contributed by atoms with Crippen molar-refractivity contribution in [2.45, 2.75) is 13.0 Å². The van der Waals surface area contributed by atoms with Crippen molar-refractivity contribution >= 4 is 39.2 Å². The molecule has 0 saturated heterocycles. The molecule has 0 fully saturated rings. The van der Waals surface area contributed by atoms with Crippen LogP contribution >= 0.6 is 28.1 Å². The van der Waals surface area contributed by atoms with Crippen LogP contribution in [0.25, 0.3) is 0 Å². The molecule has 1 atom stereocenters. The summed E-state index contributed by atoms with van der Waals surface area (Å²) in [5, 5.41) is 6.37. The van der Waals surface area contributed by atoms with Gasteiger partial charge >= 0.3 is 0 Å². The van der Waals surface area contributed by atoms with Crippen LogP contribution in [0.4, 0.5) is 0 Å². The Morgan fingerprint density at radius 2 is 2.05 bits per heavy atom. The number of primary amides is 1. The highest BCUT2D eigenvalue weighted by Crippen LogP contribution is 2.41. The van der Waals surface area contributed by atoms with Gasteiger partial charge in [-0.15, -0.1) is 0 Å². The average Bonchev–Trinajstić information content (AvgIpc) is 2.44. The van der Waals surface area contributed by atoms with E-state index in [2.05, 4.69) is 26.6 Å². The zero-order valence-corrected chi connectivity index (χ0v) is 14.7. The van der Waals surface area contributed by atoms with Crippen LogP contribution in [0.15, 0.2) is 27.9 Å². The molecule has 0 saturated carbocycles. The van der Waals surface area contributed by atoms with Crippen molar-refractivity contribution in [2.24, 2.45) is 5.73 Å². The summed E-state index contributed by atoms with van der Waals surface area (Å²) in [5.41, 5.74) is 7.24. The number of hydrogen-bond acceptors (Lipinski definition) is 4. The Balaban J connectivity index is 2.67. The molecular formula is C14H16BrN3O3S. The molecule has 4 N–H and O–H groups in total. The largest absolute Gasteiger partial charge is 0.493 e. The molecule has 1 amide bonds. The van der Waals surface area contributed by atoms with Gasteiger partial charge in [-0.05, 0) is 31.3 Å². The Hall–Kier alpha value is -1.80. The van der Waals surface area contributed by atoms with Crippen molar-refractivity contribution in [3.05, 3.63) is 33.4 Å².